The molecule has 1 unspecified atom stereocenters. The highest BCUT2D eigenvalue weighted by Gasteiger charge is 2.22. The summed E-state index contributed by atoms with van der Waals surface area (Å²) in [5.74, 6) is -0.237. The minimum absolute atomic E-state index is 0.182. The number of furan rings is 1. The Morgan fingerprint density at radius 3 is 2.83 bits per heavy atom. The molecule has 2 N–H and O–H groups in total. The van der Waals surface area contributed by atoms with Gasteiger partial charge in [-0.2, -0.15) is 0 Å². The summed E-state index contributed by atoms with van der Waals surface area (Å²) in [5.41, 5.74) is 1.02. The summed E-state index contributed by atoms with van der Waals surface area (Å²) in [5, 5.41) is 6.29. The molecule has 24 heavy (non-hydrogen) atoms. The first-order valence-electron chi connectivity index (χ1n) is 8.09. The van der Waals surface area contributed by atoms with Crippen molar-refractivity contribution in [2.24, 2.45) is 0 Å². The molecular weight excluding hydrogens is 306 g/mol. The van der Waals surface area contributed by atoms with Gasteiger partial charge in [-0.15, -0.1) is 0 Å². The minimum atomic E-state index is -0.294. The van der Waals surface area contributed by atoms with Crippen LogP contribution in [0.5, 0.6) is 0 Å². The Kier molecular flexibility index (Phi) is 4.96. The summed E-state index contributed by atoms with van der Waals surface area (Å²) in [4.78, 5) is 26.4. The van der Waals surface area contributed by atoms with E-state index >= 15 is 0 Å². The SMILES string of the molecule is CN(C(=O)c1ccco1)c1ccccc1C(=O)NCC1CCCN1. The smallest absolute Gasteiger partial charge is 0.293 e. The predicted molar refractivity (Wildman–Crippen MR) is 91.2 cm³/mol. The second-order valence-corrected chi connectivity index (χ2v) is 5.86. The summed E-state index contributed by atoms with van der Waals surface area (Å²) < 4.78 is 5.15. The van der Waals surface area contributed by atoms with Crippen LogP contribution in [-0.2, 0) is 0 Å². The molecule has 1 aromatic heterocycles. The molecule has 1 aromatic carbocycles. The second kappa shape index (κ2) is 7.31. The number of carbonyl (C=O) groups excluding carboxylic acids is 2. The summed E-state index contributed by atoms with van der Waals surface area (Å²) in [6.07, 6.45) is 3.66. The van der Waals surface area contributed by atoms with Gasteiger partial charge in [0.1, 0.15) is 0 Å². The number of hydrogen-bond donors (Lipinski definition) is 2. The molecule has 6 heteroatoms. The zero-order chi connectivity index (χ0) is 16.9. The molecule has 0 aliphatic carbocycles. The molecule has 0 bridgehead atoms. The lowest BCUT2D eigenvalue weighted by atomic mass is 10.1. The van der Waals surface area contributed by atoms with Crippen molar-refractivity contribution in [2.75, 3.05) is 25.0 Å². The molecule has 2 aromatic rings. The first kappa shape index (κ1) is 16.3. The quantitative estimate of drug-likeness (QED) is 0.881. The molecule has 0 spiro atoms. The van der Waals surface area contributed by atoms with Gasteiger partial charge in [-0.3, -0.25) is 9.59 Å². The van der Waals surface area contributed by atoms with E-state index in [2.05, 4.69) is 10.6 Å². The second-order valence-electron chi connectivity index (χ2n) is 5.86. The molecule has 0 radical (unpaired) electrons. The molecule has 0 saturated carbocycles. The molecular formula is C18H21N3O3. The van der Waals surface area contributed by atoms with E-state index in [-0.39, 0.29) is 17.6 Å². The van der Waals surface area contributed by atoms with Crippen LogP contribution in [0.1, 0.15) is 33.8 Å². The number of hydrogen-bond acceptors (Lipinski definition) is 4. The highest BCUT2D eigenvalue weighted by Crippen LogP contribution is 2.21. The third-order valence-corrected chi connectivity index (χ3v) is 4.22. The average molecular weight is 327 g/mol. The van der Waals surface area contributed by atoms with Gasteiger partial charge in [-0.25, -0.2) is 0 Å². The van der Waals surface area contributed by atoms with Crippen LogP contribution >= 0.6 is 0 Å². The maximum atomic E-state index is 12.5. The fourth-order valence-corrected chi connectivity index (χ4v) is 2.88. The molecule has 1 fully saturated rings. The zero-order valence-corrected chi connectivity index (χ0v) is 13.6. The summed E-state index contributed by atoms with van der Waals surface area (Å²) in [7, 11) is 1.63. The molecule has 2 heterocycles. The van der Waals surface area contributed by atoms with Gasteiger partial charge in [-0.05, 0) is 43.7 Å². The Bertz CT molecular complexity index is 706. The number of nitrogens with one attached hydrogen (secondary N) is 2. The van der Waals surface area contributed by atoms with Gasteiger partial charge in [-0.1, -0.05) is 12.1 Å². The summed E-state index contributed by atoms with van der Waals surface area (Å²) in [6.45, 7) is 1.58. The molecule has 126 valence electrons. The average Bonchev–Trinajstić information content (AvgIpc) is 3.31. The number of anilines is 1. The standard InChI is InChI=1S/C18H21N3O3/c1-21(18(23)16-9-5-11-24-16)15-8-3-2-7-14(15)17(22)20-12-13-6-4-10-19-13/h2-3,5,7-9,11,13,19H,4,6,10,12H2,1H3,(H,20,22). The van der Waals surface area contributed by atoms with E-state index in [0.717, 1.165) is 19.4 Å². The number of para-hydroxylation sites is 1. The number of carbonyl (C=O) groups is 2. The highest BCUT2D eigenvalue weighted by atomic mass is 16.3. The maximum absolute atomic E-state index is 12.5. The number of rotatable bonds is 5. The Balaban J connectivity index is 1.74. The van der Waals surface area contributed by atoms with Crippen LogP contribution in [-0.4, -0.2) is 38.0 Å². The van der Waals surface area contributed by atoms with Crippen LogP contribution < -0.4 is 15.5 Å². The van der Waals surface area contributed by atoms with Crippen molar-refractivity contribution in [1.29, 1.82) is 0 Å². The van der Waals surface area contributed by atoms with Crippen molar-refractivity contribution in [3.63, 3.8) is 0 Å². The van der Waals surface area contributed by atoms with E-state index < -0.39 is 0 Å². The van der Waals surface area contributed by atoms with Crippen LogP contribution in [0.3, 0.4) is 0 Å². The van der Waals surface area contributed by atoms with E-state index in [4.69, 9.17) is 4.42 Å². The molecule has 1 aliphatic heterocycles. The van der Waals surface area contributed by atoms with Gasteiger partial charge in [0.2, 0.25) is 0 Å². The van der Waals surface area contributed by atoms with E-state index in [1.807, 2.05) is 0 Å². The van der Waals surface area contributed by atoms with Crippen LogP contribution in [0.4, 0.5) is 5.69 Å². The van der Waals surface area contributed by atoms with Gasteiger partial charge in [0, 0.05) is 19.6 Å². The predicted octanol–water partition coefficient (Wildman–Crippen LogP) is 2.04. The van der Waals surface area contributed by atoms with Crippen molar-refractivity contribution < 1.29 is 14.0 Å². The summed E-state index contributed by atoms with van der Waals surface area (Å²) in [6, 6.07) is 10.7. The Morgan fingerprint density at radius 1 is 1.29 bits per heavy atom. The van der Waals surface area contributed by atoms with Crippen molar-refractivity contribution in [3.05, 3.63) is 54.0 Å². The molecule has 6 nitrogen and oxygen atoms in total. The van der Waals surface area contributed by atoms with Crippen LogP contribution in [0.15, 0.2) is 47.1 Å². The first-order valence-corrected chi connectivity index (χ1v) is 8.09. The van der Waals surface area contributed by atoms with E-state index in [9.17, 15) is 9.59 Å². The lowest BCUT2D eigenvalue weighted by Gasteiger charge is -2.20. The zero-order valence-electron chi connectivity index (χ0n) is 13.6. The topological polar surface area (TPSA) is 74.6 Å². The molecule has 3 rings (SSSR count). The monoisotopic (exact) mass is 327 g/mol. The largest absolute Gasteiger partial charge is 0.459 e. The Hall–Kier alpha value is -2.60. The van der Waals surface area contributed by atoms with Gasteiger partial charge >= 0.3 is 0 Å². The lowest BCUT2D eigenvalue weighted by Crippen LogP contribution is -2.38. The number of benzene rings is 1. The number of nitrogens with zero attached hydrogens (tertiary/aromatic N) is 1. The molecule has 1 atom stereocenters. The van der Waals surface area contributed by atoms with E-state index in [0.29, 0.717) is 23.8 Å². The third-order valence-electron chi connectivity index (χ3n) is 4.22. The molecule has 1 saturated heterocycles. The third kappa shape index (κ3) is 3.49. The first-order chi connectivity index (χ1) is 11.7. The van der Waals surface area contributed by atoms with Crippen molar-refractivity contribution in [1.82, 2.24) is 10.6 Å². The number of amides is 2. The Labute approximate surface area is 140 Å². The van der Waals surface area contributed by atoms with Gasteiger partial charge in [0.15, 0.2) is 5.76 Å². The maximum Gasteiger partial charge on any atom is 0.293 e. The van der Waals surface area contributed by atoms with Crippen LogP contribution in [0.2, 0.25) is 0 Å². The van der Waals surface area contributed by atoms with Gasteiger partial charge < -0.3 is 20.0 Å². The Morgan fingerprint density at radius 2 is 2.12 bits per heavy atom. The van der Waals surface area contributed by atoms with Gasteiger partial charge in [0.05, 0.1) is 17.5 Å². The highest BCUT2D eigenvalue weighted by molar-refractivity contribution is 6.09. The van der Waals surface area contributed by atoms with E-state index in [1.165, 1.54) is 11.2 Å². The molecule has 1 aliphatic rings. The van der Waals surface area contributed by atoms with Crippen LogP contribution in [0, 0.1) is 0 Å². The van der Waals surface area contributed by atoms with Crippen LogP contribution in [0.25, 0.3) is 0 Å². The summed E-state index contributed by atoms with van der Waals surface area (Å²) >= 11 is 0. The van der Waals surface area contributed by atoms with Gasteiger partial charge in [0.25, 0.3) is 11.8 Å². The minimum Gasteiger partial charge on any atom is -0.459 e. The fourth-order valence-electron chi connectivity index (χ4n) is 2.88. The van der Waals surface area contributed by atoms with E-state index in [1.54, 1.807) is 43.4 Å². The fraction of sp³-hybridized carbons (Fsp3) is 0.333. The van der Waals surface area contributed by atoms with Crippen molar-refractivity contribution in [3.8, 4) is 0 Å². The van der Waals surface area contributed by atoms with Crippen molar-refractivity contribution in [2.45, 2.75) is 18.9 Å². The lowest BCUT2D eigenvalue weighted by molar-refractivity contribution is 0.0950. The normalized spacial score (nSPS) is 16.8. The molecule has 2 amide bonds. The van der Waals surface area contributed by atoms with Crippen molar-refractivity contribution >= 4 is 17.5 Å².